The molecule has 2 fully saturated rings. The van der Waals surface area contributed by atoms with Crippen molar-refractivity contribution >= 4 is 10.0 Å². The van der Waals surface area contributed by atoms with Crippen LogP contribution in [-0.4, -0.2) is 51.4 Å². The largest absolute Gasteiger partial charge is 0.379 e. The van der Waals surface area contributed by atoms with E-state index in [2.05, 4.69) is 18.7 Å². The number of nitrogens with zero attached hydrogens (tertiary/aromatic N) is 1. The molecular weight excluding hydrogens is 228 g/mol. The van der Waals surface area contributed by atoms with E-state index in [1.807, 2.05) is 0 Å². The molecule has 2 heterocycles. The summed E-state index contributed by atoms with van der Waals surface area (Å²) in [5, 5.41) is 5.03. The number of fused-ring (bicyclic) bond motifs is 1. The molecule has 94 valence electrons. The molecule has 0 saturated carbocycles. The lowest BCUT2D eigenvalue weighted by Gasteiger charge is -2.23. The van der Waals surface area contributed by atoms with Gasteiger partial charge in [-0.3, -0.25) is 4.90 Å². The lowest BCUT2D eigenvalue weighted by atomic mass is 9.80. The van der Waals surface area contributed by atoms with E-state index in [9.17, 15) is 8.42 Å². The van der Waals surface area contributed by atoms with Crippen molar-refractivity contribution in [2.45, 2.75) is 19.9 Å². The van der Waals surface area contributed by atoms with Crippen LogP contribution in [0, 0.1) is 11.3 Å². The zero-order valence-corrected chi connectivity index (χ0v) is 10.7. The summed E-state index contributed by atoms with van der Waals surface area (Å²) in [7, 11) is -3.36. The molecule has 0 bridgehead atoms. The van der Waals surface area contributed by atoms with Crippen molar-refractivity contribution in [3.63, 3.8) is 0 Å². The van der Waals surface area contributed by atoms with E-state index in [0.717, 1.165) is 19.8 Å². The molecule has 5 nitrogen and oxygen atoms in total. The Hall–Kier alpha value is -0.170. The Morgan fingerprint density at radius 1 is 1.44 bits per heavy atom. The van der Waals surface area contributed by atoms with Gasteiger partial charge in [0.15, 0.2) is 0 Å². The molecule has 0 amide bonds. The first-order chi connectivity index (χ1) is 7.30. The van der Waals surface area contributed by atoms with Crippen LogP contribution in [0.1, 0.15) is 13.8 Å². The summed E-state index contributed by atoms with van der Waals surface area (Å²) in [6.45, 7) is 7.41. The van der Waals surface area contributed by atoms with Crippen LogP contribution in [0.4, 0.5) is 0 Å². The van der Waals surface area contributed by atoms with Crippen LogP contribution in [-0.2, 0) is 14.8 Å². The van der Waals surface area contributed by atoms with E-state index in [-0.39, 0.29) is 11.2 Å². The summed E-state index contributed by atoms with van der Waals surface area (Å²) in [4.78, 5) is 2.21. The minimum atomic E-state index is -3.36. The maximum Gasteiger partial charge on any atom is 0.210 e. The molecule has 0 radical (unpaired) electrons. The second kappa shape index (κ2) is 3.94. The summed E-state index contributed by atoms with van der Waals surface area (Å²) in [5.41, 5.74) is 0.208. The molecule has 0 unspecified atom stereocenters. The molecule has 0 aromatic rings. The van der Waals surface area contributed by atoms with Crippen molar-refractivity contribution in [3.05, 3.63) is 0 Å². The molecule has 16 heavy (non-hydrogen) atoms. The Kier molecular flexibility index (Phi) is 3.03. The molecule has 2 aliphatic rings. The van der Waals surface area contributed by atoms with Crippen molar-refractivity contribution in [1.82, 2.24) is 4.90 Å². The quantitative estimate of drug-likeness (QED) is 0.740. The third-order valence-electron chi connectivity index (χ3n) is 3.80. The summed E-state index contributed by atoms with van der Waals surface area (Å²) in [6, 6.07) is 0.372. The van der Waals surface area contributed by atoms with Gasteiger partial charge in [-0.25, -0.2) is 13.6 Å². The van der Waals surface area contributed by atoms with Crippen LogP contribution in [0.2, 0.25) is 0 Å². The zero-order valence-electron chi connectivity index (χ0n) is 9.85. The number of rotatable bonds is 3. The van der Waals surface area contributed by atoms with E-state index in [4.69, 9.17) is 9.88 Å². The number of sulfonamides is 1. The van der Waals surface area contributed by atoms with Crippen molar-refractivity contribution < 1.29 is 13.2 Å². The summed E-state index contributed by atoms with van der Waals surface area (Å²) < 4.78 is 27.4. The predicted octanol–water partition coefficient (Wildman–Crippen LogP) is -0.368. The van der Waals surface area contributed by atoms with Crippen LogP contribution in [0.3, 0.4) is 0 Å². The molecule has 0 aromatic carbocycles. The summed E-state index contributed by atoms with van der Waals surface area (Å²) in [5.74, 6) is 0.555. The molecule has 0 spiro atoms. The SMILES string of the molecule is CC1(C)CN(CCS(N)(=O)=O)[C@@H]2COC[C@@H]21. The number of hydrogen-bond acceptors (Lipinski definition) is 4. The van der Waals surface area contributed by atoms with Gasteiger partial charge < -0.3 is 4.74 Å². The van der Waals surface area contributed by atoms with Crippen molar-refractivity contribution in [1.29, 1.82) is 0 Å². The van der Waals surface area contributed by atoms with Crippen molar-refractivity contribution in [2.24, 2.45) is 16.5 Å². The topological polar surface area (TPSA) is 72.6 Å². The third kappa shape index (κ3) is 2.40. The van der Waals surface area contributed by atoms with Crippen LogP contribution in [0.15, 0.2) is 0 Å². The lowest BCUT2D eigenvalue weighted by molar-refractivity contribution is 0.122. The molecule has 2 N–H and O–H groups in total. The van der Waals surface area contributed by atoms with Gasteiger partial charge in [0.05, 0.1) is 19.0 Å². The maximum absolute atomic E-state index is 11.0. The number of ether oxygens (including phenoxy) is 1. The van der Waals surface area contributed by atoms with Gasteiger partial charge in [-0.1, -0.05) is 13.8 Å². The lowest BCUT2D eigenvalue weighted by Crippen LogP contribution is -2.37. The van der Waals surface area contributed by atoms with Gasteiger partial charge in [0.25, 0.3) is 0 Å². The van der Waals surface area contributed by atoms with Crippen LogP contribution >= 0.6 is 0 Å². The Balaban J connectivity index is 2.02. The number of primary sulfonamides is 1. The van der Waals surface area contributed by atoms with Gasteiger partial charge in [-0.2, -0.15) is 0 Å². The van der Waals surface area contributed by atoms with Crippen LogP contribution in [0.5, 0.6) is 0 Å². The second-order valence-corrected chi connectivity index (χ2v) is 7.27. The van der Waals surface area contributed by atoms with E-state index in [1.165, 1.54) is 0 Å². The Morgan fingerprint density at radius 3 is 2.75 bits per heavy atom. The molecule has 2 saturated heterocycles. The van der Waals surface area contributed by atoms with Gasteiger partial charge in [0.2, 0.25) is 10.0 Å². The summed E-state index contributed by atoms with van der Waals surface area (Å²) >= 11 is 0. The molecule has 6 heteroatoms. The molecular formula is C10H20N2O3S. The fourth-order valence-electron chi connectivity index (χ4n) is 2.90. The monoisotopic (exact) mass is 248 g/mol. The molecule has 2 atom stereocenters. The number of nitrogens with two attached hydrogens (primary N) is 1. The molecule has 0 aliphatic carbocycles. The first kappa shape index (κ1) is 12.3. The van der Waals surface area contributed by atoms with Crippen LogP contribution < -0.4 is 5.14 Å². The van der Waals surface area contributed by atoms with Gasteiger partial charge in [-0.05, 0) is 5.41 Å². The first-order valence-electron chi connectivity index (χ1n) is 5.62. The fraction of sp³-hybridized carbons (Fsp3) is 1.00. The van der Waals surface area contributed by atoms with Gasteiger partial charge in [-0.15, -0.1) is 0 Å². The maximum atomic E-state index is 11.0. The first-order valence-corrected chi connectivity index (χ1v) is 7.33. The van der Waals surface area contributed by atoms with Gasteiger partial charge >= 0.3 is 0 Å². The highest BCUT2D eigenvalue weighted by Crippen LogP contribution is 2.42. The van der Waals surface area contributed by atoms with Gasteiger partial charge in [0, 0.05) is 25.0 Å². The van der Waals surface area contributed by atoms with E-state index < -0.39 is 10.0 Å². The Bertz CT molecular complexity index is 366. The van der Waals surface area contributed by atoms with Crippen molar-refractivity contribution in [3.8, 4) is 0 Å². The standard InChI is InChI=1S/C10H20N2O3S/c1-10(2)7-12(3-4-16(11,13)14)9-6-15-5-8(9)10/h8-9H,3-7H2,1-2H3,(H2,11,13,14)/t8-,9+/m0/s1. The minimum Gasteiger partial charge on any atom is -0.379 e. The highest BCUT2D eigenvalue weighted by molar-refractivity contribution is 7.89. The predicted molar refractivity (Wildman–Crippen MR) is 61.4 cm³/mol. The average Bonchev–Trinajstić information content (AvgIpc) is 2.65. The van der Waals surface area contributed by atoms with E-state index in [1.54, 1.807) is 0 Å². The minimum absolute atomic E-state index is 0.0340. The smallest absolute Gasteiger partial charge is 0.210 e. The average molecular weight is 248 g/mol. The third-order valence-corrected chi connectivity index (χ3v) is 4.55. The number of hydrogen-bond donors (Lipinski definition) is 1. The molecule has 2 aliphatic heterocycles. The Labute approximate surface area is 97.0 Å². The van der Waals surface area contributed by atoms with E-state index in [0.29, 0.717) is 18.5 Å². The normalized spacial score (nSPS) is 34.2. The zero-order chi connectivity index (χ0) is 12.0. The highest BCUT2D eigenvalue weighted by Gasteiger charge is 2.49. The van der Waals surface area contributed by atoms with Gasteiger partial charge in [0.1, 0.15) is 0 Å². The second-order valence-electron chi connectivity index (χ2n) is 5.54. The molecule has 0 aromatic heterocycles. The highest BCUT2D eigenvalue weighted by atomic mass is 32.2. The van der Waals surface area contributed by atoms with E-state index >= 15 is 0 Å². The molecule has 2 rings (SSSR count). The van der Waals surface area contributed by atoms with Crippen LogP contribution in [0.25, 0.3) is 0 Å². The Morgan fingerprint density at radius 2 is 2.12 bits per heavy atom. The van der Waals surface area contributed by atoms with Crippen molar-refractivity contribution in [2.75, 3.05) is 32.1 Å². The fourth-order valence-corrected chi connectivity index (χ4v) is 3.39. The summed E-state index contributed by atoms with van der Waals surface area (Å²) in [6.07, 6.45) is 0. The number of likely N-dealkylation sites (tertiary alicyclic amines) is 1.